The molecule has 174 valence electrons. The van der Waals surface area contributed by atoms with E-state index in [9.17, 15) is 13.6 Å². The Hall–Kier alpha value is -3.93. The molecule has 0 saturated carbocycles. The topological polar surface area (TPSA) is 56.9 Å². The fourth-order valence-corrected chi connectivity index (χ4v) is 4.29. The maximum atomic E-state index is 14.2. The first-order chi connectivity index (χ1) is 16.3. The van der Waals surface area contributed by atoms with Crippen LogP contribution in [-0.4, -0.2) is 24.5 Å². The van der Waals surface area contributed by atoms with Crippen molar-refractivity contribution in [2.45, 2.75) is 20.3 Å². The normalized spacial score (nSPS) is 11.0. The van der Waals surface area contributed by atoms with Crippen LogP contribution in [0.3, 0.4) is 0 Å². The van der Waals surface area contributed by atoms with Gasteiger partial charge in [0.15, 0.2) is 0 Å². The highest BCUT2D eigenvalue weighted by molar-refractivity contribution is 5.95. The van der Waals surface area contributed by atoms with Crippen LogP contribution >= 0.6 is 0 Å². The Morgan fingerprint density at radius 3 is 2.41 bits per heavy atom. The molecule has 0 aliphatic carbocycles. The first-order valence-corrected chi connectivity index (χ1v) is 11.1. The molecule has 1 aromatic heterocycles. The molecule has 3 N–H and O–H groups in total. The molecule has 0 unspecified atom stereocenters. The highest BCUT2D eigenvalue weighted by Gasteiger charge is 2.14. The van der Waals surface area contributed by atoms with E-state index in [0.717, 1.165) is 45.5 Å². The maximum absolute atomic E-state index is 14.2. The molecule has 3 aromatic carbocycles. The van der Waals surface area contributed by atoms with Gasteiger partial charge in [-0.3, -0.25) is 4.79 Å². The van der Waals surface area contributed by atoms with Crippen molar-refractivity contribution in [3.8, 4) is 11.1 Å². The highest BCUT2D eigenvalue weighted by atomic mass is 19.1. The molecule has 1 amide bonds. The molecule has 0 saturated heterocycles. The number of hydrogen-bond donors (Lipinski definition) is 3. The van der Waals surface area contributed by atoms with E-state index in [-0.39, 0.29) is 17.3 Å². The molecule has 6 heteroatoms. The Morgan fingerprint density at radius 1 is 0.971 bits per heavy atom. The second kappa shape index (κ2) is 9.51. The van der Waals surface area contributed by atoms with Gasteiger partial charge in [-0.05, 0) is 72.4 Å². The van der Waals surface area contributed by atoms with Crippen LogP contribution in [0.15, 0.2) is 61.2 Å². The van der Waals surface area contributed by atoms with Gasteiger partial charge in [0.1, 0.15) is 11.6 Å². The number of rotatable bonds is 7. The SMILES string of the molecule is C=C(NCCc1c(C)[nH]c2c(F)ccc(C)c12)c1ccc(-c2cc(F)cc(C(=O)NC)c2)cc1. The maximum Gasteiger partial charge on any atom is 0.251 e. The van der Waals surface area contributed by atoms with Gasteiger partial charge in [0.25, 0.3) is 5.91 Å². The zero-order valence-corrected chi connectivity index (χ0v) is 19.5. The molecular formula is C28H27F2N3O. The zero-order valence-electron chi connectivity index (χ0n) is 19.5. The monoisotopic (exact) mass is 459 g/mol. The molecule has 4 aromatic rings. The number of fused-ring (bicyclic) bond motifs is 1. The molecule has 0 atom stereocenters. The largest absolute Gasteiger partial charge is 0.385 e. The number of amides is 1. The summed E-state index contributed by atoms with van der Waals surface area (Å²) in [4.78, 5) is 15.1. The third kappa shape index (κ3) is 4.57. The van der Waals surface area contributed by atoms with E-state index in [0.29, 0.717) is 17.6 Å². The first-order valence-electron chi connectivity index (χ1n) is 11.1. The molecule has 0 radical (unpaired) electrons. The Balaban J connectivity index is 1.45. The third-order valence-corrected chi connectivity index (χ3v) is 6.10. The average Bonchev–Trinajstić information content (AvgIpc) is 3.17. The van der Waals surface area contributed by atoms with Crippen LogP contribution in [0.1, 0.15) is 32.7 Å². The molecule has 34 heavy (non-hydrogen) atoms. The lowest BCUT2D eigenvalue weighted by Crippen LogP contribution is -2.17. The summed E-state index contributed by atoms with van der Waals surface area (Å²) in [5.74, 6) is -1.04. The summed E-state index contributed by atoms with van der Waals surface area (Å²) in [5, 5.41) is 6.81. The van der Waals surface area contributed by atoms with Crippen molar-refractivity contribution in [3.63, 3.8) is 0 Å². The molecule has 0 bridgehead atoms. The molecule has 0 aliphatic heterocycles. The van der Waals surface area contributed by atoms with E-state index < -0.39 is 5.82 Å². The quantitative estimate of drug-likeness (QED) is 0.323. The van der Waals surface area contributed by atoms with Crippen LogP contribution in [0.4, 0.5) is 8.78 Å². The van der Waals surface area contributed by atoms with Crippen molar-refractivity contribution in [1.82, 2.24) is 15.6 Å². The molecular weight excluding hydrogens is 432 g/mol. The van der Waals surface area contributed by atoms with Crippen LogP contribution in [0.5, 0.6) is 0 Å². The average molecular weight is 460 g/mol. The lowest BCUT2D eigenvalue weighted by atomic mass is 10.0. The minimum atomic E-state index is -0.464. The van der Waals surface area contributed by atoms with Crippen molar-refractivity contribution in [2.24, 2.45) is 0 Å². The van der Waals surface area contributed by atoms with E-state index in [4.69, 9.17) is 0 Å². The van der Waals surface area contributed by atoms with Crippen molar-refractivity contribution in [3.05, 3.63) is 101 Å². The van der Waals surface area contributed by atoms with Gasteiger partial charge in [0, 0.05) is 35.9 Å². The summed E-state index contributed by atoms with van der Waals surface area (Å²) in [5.41, 5.74) is 7.03. The second-order valence-electron chi connectivity index (χ2n) is 8.38. The van der Waals surface area contributed by atoms with Crippen LogP contribution in [0, 0.1) is 25.5 Å². The predicted octanol–water partition coefficient (Wildman–Crippen LogP) is 5.89. The number of aromatic nitrogens is 1. The summed E-state index contributed by atoms with van der Waals surface area (Å²) in [6.07, 6.45) is 0.721. The van der Waals surface area contributed by atoms with Crippen LogP contribution in [0.2, 0.25) is 0 Å². The van der Waals surface area contributed by atoms with Crippen LogP contribution < -0.4 is 10.6 Å². The van der Waals surface area contributed by atoms with Gasteiger partial charge in [0.2, 0.25) is 0 Å². The Labute approximate surface area is 197 Å². The number of nitrogens with one attached hydrogen (secondary N) is 3. The summed E-state index contributed by atoms with van der Waals surface area (Å²) < 4.78 is 28.2. The molecule has 4 rings (SSSR count). The van der Waals surface area contributed by atoms with Gasteiger partial charge in [-0.2, -0.15) is 0 Å². The number of aryl methyl sites for hydroxylation is 2. The van der Waals surface area contributed by atoms with Crippen molar-refractivity contribution in [1.29, 1.82) is 0 Å². The highest BCUT2D eigenvalue weighted by Crippen LogP contribution is 2.28. The van der Waals surface area contributed by atoms with Crippen LogP contribution in [-0.2, 0) is 6.42 Å². The van der Waals surface area contributed by atoms with Crippen LogP contribution in [0.25, 0.3) is 27.7 Å². The smallest absolute Gasteiger partial charge is 0.251 e. The van der Waals surface area contributed by atoms with Gasteiger partial charge < -0.3 is 15.6 Å². The molecule has 0 spiro atoms. The van der Waals surface area contributed by atoms with Gasteiger partial charge in [-0.25, -0.2) is 8.78 Å². The summed E-state index contributed by atoms with van der Waals surface area (Å²) in [6.45, 7) is 8.73. The predicted molar refractivity (Wildman–Crippen MR) is 134 cm³/mol. The minimum absolute atomic E-state index is 0.242. The number of aromatic amines is 1. The number of carbonyl (C=O) groups excluding carboxylic acids is 1. The second-order valence-corrected chi connectivity index (χ2v) is 8.38. The number of H-pyrrole nitrogens is 1. The van der Waals surface area contributed by atoms with Crippen molar-refractivity contribution in [2.75, 3.05) is 13.6 Å². The lowest BCUT2D eigenvalue weighted by Gasteiger charge is -2.12. The summed E-state index contributed by atoms with van der Waals surface area (Å²) in [6, 6.07) is 15.1. The number of benzene rings is 3. The zero-order chi connectivity index (χ0) is 24.4. The summed E-state index contributed by atoms with van der Waals surface area (Å²) >= 11 is 0. The Bertz CT molecular complexity index is 1390. The minimum Gasteiger partial charge on any atom is -0.385 e. The molecule has 1 heterocycles. The Morgan fingerprint density at radius 2 is 1.71 bits per heavy atom. The fourth-order valence-electron chi connectivity index (χ4n) is 4.29. The van der Waals surface area contributed by atoms with E-state index in [1.807, 2.05) is 38.1 Å². The number of halogens is 2. The number of carbonyl (C=O) groups is 1. The first kappa shape index (κ1) is 23.2. The van der Waals surface area contributed by atoms with E-state index >= 15 is 0 Å². The lowest BCUT2D eigenvalue weighted by molar-refractivity contribution is 0.0962. The summed E-state index contributed by atoms with van der Waals surface area (Å²) in [7, 11) is 1.51. The van der Waals surface area contributed by atoms with Crippen molar-refractivity contribution >= 4 is 22.5 Å². The fraction of sp³-hybridized carbons (Fsp3) is 0.179. The molecule has 0 fully saturated rings. The van der Waals surface area contributed by atoms with E-state index in [1.165, 1.54) is 25.2 Å². The standard InChI is InChI=1S/C28H27F2N3O/c1-16-5-10-25(30)27-26(16)24(18(3)33-27)11-12-32-17(2)19-6-8-20(9-7-19)21-13-22(28(34)31-4)15-23(29)14-21/h5-10,13-15,32-33H,2,11-12H2,1,3-4H3,(H,31,34). The van der Waals surface area contributed by atoms with E-state index in [1.54, 1.807) is 12.1 Å². The third-order valence-electron chi connectivity index (χ3n) is 6.10. The van der Waals surface area contributed by atoms with Gasteiger partial charge in [-0.15, -0.1) is 0 Å². The van der Waals surface area contributed by atoms with Gasteiger partial charge in [-0.1, -0.05) is 36.9 Å². The van der Waals surface area contributed by atoms with E-state index in [2.05, 4.69) is 22.2 Å². The number of hydrogen-bond acceptors (Lipinski definition) is 2. The molecule has 0 aliphatic rings. The van der Waals surface area contributed by atoms with Gasteiger partial charge >= 0.3 is 0 Å². The van der Waals surface area contributed by atoms with Gasteiger partial charge in [0.05, 0.1) is 5.52 Å². The Kier molecular flexibility index (Phi) is 6.50. The van der Waals surface area contributed by atoms with Crippen molar-refractivity contribution < 1.29 is 13.6 Å². The molecule has 4 nitrogen and oxygen atoms in total.